The van der Waals surface area contributed by atoms with Gasteiger partial charge in [-0.25, -0.2) is 0 Å². The Kier molecular flexibility index (Phi) is 4.75. The van der Waals surface area contributed by atoms with Crippen LogP contribution in [0.3, 0.4) is 0 Å². The number of hydrogen-bond acceptors (Lipinski definition) is 0. The normalized spacial score (nSPS) is 16.2. The van der Waals surface area contributed by atoms with Crippen LogP contribution in [0.5, 0.6) is 0 Å². The van der Waals surface area contributed by atoms with Gasteiger partial charge in [0, 0.05) is 0 Å². The van der Waals surface area contributed by atoms with Crippen LogP contribution < -0.4 is 0 Å². The van der Waals surface area contributed by atoms with Crippen molar-refractivity contribution >= 4 is 3.26 Å². The van der Waals surface area contributed by atoms with E-state index in [1.807, 2.05) is 0 Å². The van der Waals surface area contributed by atoms with Crippen molar-refractivity contribution in [2.45, 2.75) is 58.8 Å². The van der Waals surface area contributed by atoms with Gasteiger partial charge >= 0.3 is 127 Å². The van der Waals surface area contributed by atoms with Crippen LogP contribution in [0.1, 0.15) is 75.5 Å². The number of benzene rings is 1. The van der Waals surface area contributed by atoms with E-state index < -0.39 is 0 Å². The second kappa shape index (κ2) is 5.94. The summed E-state index contributed by atoms with van der Waals surface area (Å²) >= 11 is 1.23. The SMILES string of the molecule is CC(C)c1cc([C](=[Hf+2])C2CCC2)cc(C(C)C)c1. The molecule has 2 rings (SSSR count). The van der Waals surface area contributed by atoms with E-state index >= 15 is 0 Å². The van der Waals surface area contributed by atoms with Gasteiger partial charge in [0.2, 0.25) is 0 Å². The van der Waals surface area contributed by atoms with Gasteiger partial charge in [-0.2, -0.15) is 0 Å². The maximum absolute atomic E-state index is 2.46. The summed E-state index contributed by atoms with van der Waals surface area (Å²) in [5.74, 6) is 2.19. The van der Waals surface area contributed by atoms with Crippen molar-refractivity contribution in [2.75, 3.05) is 0 Å². The summed E-state index contributed by atoms with van der Waals surface area (Å²) < 4.78 is 1.76. The molecule has 0 nitrogen and oxygen atoms in total. The minimum atomic E-state index is 0.637. The standard InChI is InChI=1S/C17H24.Hf/c1-12(2)16-9-15(8-14-6-5-7-14)10-17(11-16)13(3)4;/h9-14H,5-7H2,1-4H3;/q;+2. The van der Waals surface area contributed by atoms with Gasteiger partial charge in [0.15, 0.2) is 0 Å². The molecule has 0 aliphatic heterocycles. The molecule has 0 heterocycles. The molecular weight excluding hydrogens is 383 g/mol. The molecule has 0 N–H and O–H groups in total. The molecule has 0 saturated heterocycles. The van der Waals surface area contributed by atoms with Gasteiger partial charge in [0.1, 0.15) is 0 Å². The molecule has 0 bridgehead atoms. The predicted octanol–water partition coefficient (Wildman–Crippen LogP) is 4.80. The third-order valence-corrected chi connectivity index (χ3v) is 6.64. The zero-order chi connectivity index (χ0) is 13.3. The summed E-state index contributed by atoms with van der Waals surface area (Å²) in [6.45, 7) is 9.22. The van der Waals surface area contributed by atoms with Crippen LogP contribution in [0.2, 0.25) is 0 Å². The molecule has 1 fully saturated rings. The van der Waals surface area contributed by atoms with Gasteiger partial charge in [-0.05, 0) is 0 Å². The van der Waals surface area contributed by atoms with Gasteiger partial charge in [-0.1, -0.05) is 0 Å². The average molecular weight is 407 g/mol. The van der Waals surface area contributed by atoms with Crippen molar-refractivity contribution < 1.29 is 23.9 Å². The quantitative estimate of drug-likeness (QED) is 0.630. The predicted molar refractivity (Wildman–Crippen MR) is 76.1 cm³/mol. The number of rotatable bonds is 4. The van der Waals surface area contributed by atoms with E-state index in [2.05, 4.69) is 45.9 Å². The third-order valence-electron chi connectivity index (χ3n) is 4.14. The van der Waals surface area contributed by atoms with E-state index in [-0.39, 0.29) is 0 Å². The van der Waals surface area contributed by atoms with Crippen molar-refractivity contribution in [1.82, 2.24) is 0 Å². The van der Waals surface area contributed by atoms with Crippen LogP contribution in [0.4, 0.5) is 0 Å². The van der Waals surface area contributed by atoms with Gasteiger partial charge in [-0.3, -0.25) is 0 Å². The average Bonchev–Trinajstić information content (AvgIpc) is 2.25. The van der Waals surface area contributed by atoms with Crippen LogP contribution in [0.15, 0.2) is 18.2 Å². The van der Waals surface area contributed by atoms with Gasteiger partial charge in [0.05, 0.1) is 0 Å². The molecule has 0 aromatic heterocycles. The van der Waals surface area contributed by atoms with Crippen molar-refractivity contribution in [3.63, 3.8) is 0 Å². The fourth-order valence-corrected chi connectivity index (χ4v) is 3.99. The molecule has 1 heteroatoms. The fourth-order valence-electron chi connectivity index (χ4n) is 2.43. The molecule has 18 heavy (non-hydrogen) atoms. The summed E-state index contributed by atoms with van der Waals surface area (Å²) in [6.07, 6.45) is 4.31. The van der Waals surface area contributed by atoms with Crippen LogP contribution in [-0.4, -0.2) is 3.26 Å². The Bertz CT molecular complexity index is 413. The van der Waals surface area contributed by atoms with Crippen molar-refractivity contribution in [3.05, 3.63) is 34.9 Å². The van der Waals surface area contributed by atoms with E-state index in [1.165, 1.54) is 54.3 Å². The van der Waals surface area contributed by atoms with E-state index in [9.17, 15) is 0 Å². The van der Waals surface area contributed by atoms with Crippen LogP contribution in [0, 0.1) is 5.92 Å². The Morgan fingerprint density at radius 2 is 1.50 bits per heavy atom. The van der Waals surface area contributed by atoms with Crippen molar-refractivity contribution in [3.8, 4) is 0 Å². The first-order chi connectivity index (χ1) is 8.49. The Labute approximate surface area is 126 Å². The Balaban J connectivity index is 2.36. The maximum atomic E-state index is 2.46. The van der Waals surface area contributed by atoms with E-state index in [1.54, 1.807) is 8.82 Å². The van der Waals surface area contributed by atoms with E-state index in [4.69, 9.17) is 0 Å². The molecule has 0 unspecified atom stereocenters. The molecule has 1 aromatic rings. The topological polar surface area (TPSA) is 0 Å². The molecule has 1 aliphatic carbocycles. The van der Waals surface area contributed by atoms with Gasteiger partial charge < -0.3 is 0 Å². The van der Waals surface area contributed by atoms with Crippen LogP contribution >= 0.6 is 0 Å². The molecule has 1 saturated carbocycles. The molecule has 1 aromatic carbocycles. The summed E-state index contributed by atoms with van der Waals surface area (Å²) in [6, 6.07) is 7.32. The summed E-state index contributed by atoms with van der Waals surface area (Å²) in [4.78, 5) is 0. The van der Waals surface area contributed by atoms with E-state index in [0.717, 1.165) is 5.92 Å². The summed E-state index contributed by atoms with van der Waals surface area (Å²) in [7, 11) is 0. The first-order valence-electron chi connectivity index (χ1n) is 7.22. The molecule has 0 amide bonds. The third kappa shape index (κ3) is 3.10. The second-order valence-electron chi connectivity index (χ2n) is 6.24. The molecule has 1 aliphatic rings. The van der Waals surface area contributed by atoms with Crippen LogP contribution in [0.25, 0.3) is 0 Å². The Hall–Kier alpha value is -0.0399. The molecule has 0 atom stereocenters. The minimum absolute atomic E-state index is 0.637. The first kappa shape index (κ1) is 14.4. The second-order valence-corrected chi connectivity index (χ2v) is 8.17. The van der Waals surface area contributed by atoms with Gasteiger partial charge in [0.25, 0.3) is 0 Å². The van der Waals surface area contributed by atoms with Gasteiger partial charge in [-0.15, -0.1) is 0 Å². The van der Waals surface area contributed by atoms with Crippen molar-refractivity contribution in [2.24, 2.45) is 5.92 Å². The monoisotopic (exact) mass is 408 g/mol. The molecule has 0 radical (unpaired) electrons. The number of hydrogen-bond donors (Lipinski definition) is 0. The fraction of sp³-hybridized carbons (Fsp3) is 0.588. The Morgan fingerprint density at radius 1 is 1.00 bits per heavy atom. The first-order valence-corrected chi connectivity index (χ1v) is 9.02. The zero-order valence-corrected chi connectivity index (χ0v) is 15.7. The molecular formula is C17H24Hf+2. The van der Waals surface area contributed by atoms with Crippen LogP contribution in [-0.2, 0) is 23.9 Å². The zero-order valence-electron chi connectivity index (χ0n) is 12.1. The van der Waals surface area contributed by atoms with Crippen molar-refractivity contribution in [1.29, 1.82) is 0 Å². The molecule has 94 valence electrons. The van der Waals surface area contributed by atoms with E-state index in [0.29, 0.717) is 11.8 Å². The summed E-state index contributed by atoms with van der Waals surface area (Å²) in [5.41, 5.74) is 4.59. The molecule has 0 spiro atoms. The Morgan fingerprint density at radius 3 is 1.83 bits per heavy atom. The summed E-state index contributed by atoms with van der Waals surface area (Å²) in [5, 5.41) is 0.